The maximum absolute atomic E-state index is 13.9. The largest absolute Gasteiger partial charge is 0.418 e. The van der Waals surface area contributed by atoms with Gasteiger partial charge in [0.15, 0.2) is 6.04 Å². The van der Waals surface area contributed by atoms with Crippen molar-refractivity contribution >= 4 is 29.1 Å². The summed E-state index contributed by atoms with van der Waals surface area (Å²) in [5, 5.41) is 2.27. The molecule has 0 bridgehead atoms. The van der Waals surface area contributed by atoms with E-state index in [1.165, 1.54) is 11.0 Å². The highest BCUT2D eigenvalue weighted by atomic mass is 19.4. The molecule has 1 aromatic carbocycles. The minimum absolute atomic E-state index is 0.0492. The van der Waals surface area contributed by atoms with Gasteiger partial charge in [-0.3, -0.25) is 19.3 Å². The maximum Gasteiger partial charge on any atom is 0.418 e. The first-order chi connectivity index (χ1) is 15.8. The molecule has 2 fully saturated rings. The third kappa shape index (κ3) is 6.69. The highest BCUT2D eigenvalue weighted by Gasteiger charge is 2.39. The Morgan fingerprint density at radius 3 is 2.47 bits per heavy atom. The van der Waals surface area contributed by atoms with E-state index in [4.69, 9.17) is 10.5 Å². The Morgan fingerprint density at radius 1 is 1.26 bits per heavy atom. The lowest BCUT2D eigenvalue weighted by Crippen LogP contribution is -2.54. The van der Waals surface area contributed by atoms with Crippen molar-refractivity contribution in [2.24, 2.45) is 17.1 Å². The lowest BCUT2D eigenvalue weighted by molar-refractivity contribution is -0.137. The van der Waals surface area contributed by atoms with E-state index >= 15 is 0 Å². The molecular weight excluding hydrogens is 453 g/mol. The van der Waals surface area contributed by atoms with Crippen LogP contribution in [0.15, 0.2) is 18.2 Å². The smallest absolute Gasteiger partial charge is 0.370 e. The molecule has 11 heteroatoms. The summed E-state index contributed by atoms with van der Waals surface area (Å²) < 4.78 is 46.7. The summed E-state index contributed by atoms with van der Waals surface area (Å²) in [6, 6.07) is 1.81. The molecular formula is C23H31F3N4O4. The van der Waals surface area contributed by atoms with Gasteiger partial charge in [0.05, 0.1) is 17.9 Å². The average molecular weight is 485 g/mol. The molecule has 3 amide bonds. The fourth-order valence-electron chi connectivity index (χ4n) is 4.01. The standard InChI is InChI=1S/C23H31F3N4O4/c1-22(2,3)13-29(11-14-4-5-14)19(20(27)32)21(33)28-17-7-6-15(10-16(17)23(24,25)26)30-8-9-34-12-18(30)31/h6-7,10,14,19H,4-5,8-9,11-13H2,1-3H3,(H2,27,32)(H,28,33)/t19-/m1/s1. The van der Waals surface area contributed by atoms with E-state index in [9.17, 15) is 27.6 Å². The number of primary amides is 1. The van der Waals surface area contributed by atoms with Gasteiger partial charge in [0.2, 0.25) is 5.91 Å². The van der Waals surface area contributed by atoms with Gasteiger partial charge in [-0.2, -0.15) is 13.2 Å². The summed E-state index contributed by atoms with van der Waals surface area (Å²) in [5.74, 6) is -1.97. The number of amides is 3. The van der Waals surface area contributed by atoms with Crippen LogP contribution in [0.2, 0.25) is 0 Å². The molecule has 0 unspecified atom stereocenters. The number of nitrogens with one attached hydrogen (secondary N) is 1. The molecule has 1 aliphatic heterocycles. The fraction of sp³-hybridized carbons (Fsp3) is 0.609. The zero-order valence-corrected chi connectivity index (χ0v) is 19.6. The number of benzene rings is 1. The molecule has 8 nitrogen and oxygen atoms in total. The van der Waals surface area contributed by atoms with Crippen LogP contribution in [-0.2, 0) is 25.3 Å². The second-order valence-corrected chi connectivity index (χ2v) is 10.1. The van der Waals surface area contributed by atoms with Crippen molar-refractivity contribution in [3.63, 3.8) is 0 Å². The van der Waals surface area contributed by atoms with E-state index < -0.39 is 41.2 Å². The van der Waals surface area contributed by atoms with E-state index in [-0.39, 0.29) is 30.9 Å². The van der Waals surface area contributed by atoms with Crippen molar-refractivity contribution in [3.05, 3.63) is 23.8 Å². The van der Waals surface area contributed by atoms with Gasteiger partial charge < -0.3 is 20.7 Å². The number of nitrogens with two attached hydrogens (primary N) is 1. The second kappa shape index (κ2) is 9.91. The Morgan fingerprint density at radius 2 is 1.94 bits per heavy atom. The van der Waals surface area contributed by atoms with Gasteiger partial charge in [-0.25, -0.2) is 0 Å². The summed E-state index contributed by atoms with van der Waals surface area (Å²) in [7, 11) is 0. The molecule has 1 saturated carbocycles. The molecule has 1 saturated heterocycles. The maximum atomic E-state index is 13.9. The molecule has 1 atom stereocenters. The van der Waals surface area contributed by atoms with E-state index in [1.807, 2.05) is 20.8 Å². The number of hydrogen-bond donors (Lipinski definition) is 2. The molecule has 3 N–H and O–H groups in total. The van der Waals surface area contributed by atoms with Crippen LogP contribution < -0.4 is 16.0 Å². The number of rotatable bonds is 8. The van der Waals surface area contributed by atoms with Crippen molar-refractivity contribution in [2.75, 3.05) is 43.1 Å². The number of anilines is 2. The predicted molar refractivity (Wildman–Crippen MR) is 120 cm³/mol. The van der Waals surface area contributed by atoms with Gasteiger partial charge in [-0.15, -0.1) is 0 Å². The average Bonchev–Trinajstić information content (AvgIpc) is 3.50. The molecule has 34 heavy (non-hydrogen) atoms. The Bertz CT molecular complexity index is 941. The van der Waals surface area contributed by atoms with Gasteiger partial charge in [0.1, 0.15) is 6.61 Å². The number of hydrogen-bond acceptors (Lipinski definition) is 5. The summed E-state index contributed by atoms with van der Waals surface area (Å²) in [6.45, 7) is 6.76. The van der Waals surface area contributed by atoms with Gasteiger partial charge in [-0.1, -0.05) is 20.8 Å². The highest BCUT2D eigenvalue weighted by molar-refractivity contribution is 6.10. The minimum Gasteiger partial charge on any atom is -0.370 e. The third-order valence-electron chi connectivity index (χ3n) is 5.61. The van der Waals surface area contributed by atoms with Crippen LogP contribution in [0.1, 0.15) is 39.2 Å². The van der Waals surface area contributed by atoms with Gasteiger partial charge in [-0.05, 0) is 42.4 Å². The van der Waals surface area contributed by atoms with Crippen molar-refractivity contribution in [1.29, 1.82) is 0 Å². The summed E-state index contributed by atoms with van der Waals surface area (Å²) in [6.07, 6.45) is -2.88. The number of morpholine rings is 1. The zero-order chi connectivity index (χ0) is 25.3. The number of halogens is 3. The Labute approximate surface area is 196 Å². The normalized spacial score (nSPS) is 18.2. The lowest BCUT2D eigenvalue weighted by atomic mass is 9.94. The molecule has 3 rings (SSSR count). The SMILES string of the molecule is CC(C)(C)CN(CC1CC1)[C@H](C(N)=O)C(=O)Nc1ccc(N2CCOCC2=O)cc1C(F)(F)F. The zero-order valence-electron chi connectivity index (χ0n) is 19.6. The molecule has 1 heterocycles. The van der Waals surface area contributed by atoms with Crippen LogP contribution in [0.3, 0.4) is 0 Å². The summed E-state index contributed by atoms with van der Waals surface area (Å²) in [4.78, 5) is 40.3. The molecule has 1 aliphatic carbocycles. The van der Waals surface area contributed by atoms with E-state index in [0.717, 1.165) is 25.0 Å². The van der Waals surface area contributed by atoms with Crippen LogP contribution in [0.4, 0.5) is 24.5 Å². The van der Waals surface area contributed by atoms with Gasteiger partial charge in [0.25, 0.3) is 11.8 Å². The van der Waals surface area contributed by atoms with Crippen molar-refractivity contribution in [3.8, 4) is 0 Å². The topological polar surface area (TPSA) is 105 Å². The molecule has 2 aliphatic rings. The highest BCUT2D eigenvalue weighted by Crippen LogP contribution is 2.38. The monoisotopic (exact) mass is 484 g/mol. The Balaban J connectivity index is 1.89. The summed E-state index contributed by atoms with van der Waals surface area (Å²) in [5.41, 5.74) is 3.70. The Hall–Kier alpha value is -2.66. The van der Waals surface area contributed by atoms with E-state index in [2.05, 4.69) is 5.32 Å². The number of nitrogens with zero attached hydrogens (tertiary/aromatic N) is 2. The van der Waals surface area contributed by atoms with Crippen LogP contribution >= 0.6 is 0 Å². The number of ether oxygens (including phenoxy) is 1. The first-order valence-electron chi connectivity index (χ1n) is 11.2. The number of carbonyl (C=O) groups excluding carboxylic acids is 3. The van der Waals surface area contributed by atoms with Gasteiger partial charge in [0, 0.05) is 25.3 Å². The van der Waals surface area contributed by atoms with Crippen LogP contribution in [0.25, 0.3) is 0 Å². The predicted octanol–water partition coefficient (Wildman–Crippen LogP) is 2.62. The summed E-state index contributed by atoms with van der Waals surface area (Å²) >= 11 is 0. The van der Waals surface area contributed by atoms with Crippen LogP contribution in [0.5, 0.6) is 0 Å². The Kier molecular flexibility index (Phi) is 7.56. The molecule has 188 valence electrons. The lowest BCUT2D eigenvalue weighted by Gasteiger charge is -2.34. The van der Waals surface area contributed by atoms with Crippen molar-refractivity contribution in [1.82, 2.24) is 4.90 Å². The molecule has 0 radical (unpaired) electrons. The fourth-order valence-corrected chi connectivity index (χ4v) is 4.01. The first kappa shape index (κ1) is 26.0. The quantitative estimate of drug-likeness (QED) is 0.552. The van der Waals surface area contributed by atoms with E-state index in [1.54, 1.807) is 4.90 Å². The minimum atomic E-state index is -4.81. The third-order valence-corrected chi connectivity index (χ3v) is 5.61. The van der Waals surface area contributed by atoms with Crippen LogP contribution in [0, 0.1) is 11.3 Å². The molecule has 0 aromatic heterocycles. The number of alkyl halides is 3. The van der Waals surface area contributed by atoms with E-state index in [0.29, 0.717) is 19.0 Å². The number of carbonyl (C=O) groups is 3. The van der Waals surface area contributed by atoms with Crippen LogP contribution in [-0.4, -0.2) is 61.5 Å². The van der Waals surface area contributed by atoms with Gasteiger partial charge >= 0.3 is 6.18 Å². The first-order valence-corrected chi connectivity index (χ1v) is 11.2. The molecule has 0 spiro atoms. The van der Waals surface area contributed by atoms with Crippen molar-refractivity contribution < 1.29 is 32.3 Å². The van der Waals surface area contributed by atoms with Crippen molar-refractivity contribution in [2.45, 2.75) is 45.8 Å². The second-order valence-electron chi connectivity index (χ2n) is 10.1. The molecule has 1 aromatic rings.